The summed E-state index contributed by atoms with van der Waals surface area (Å²) in [6.07, 6.45) is -0.0456. The quantitative estimate of drug-likeness (QED) is 0.778. The molecule has 0 aliphatic carbocycles. The first-order valence-electron chi connectivity index (χ1n) is 7.74. The predicted molar refractivity (Wildman–Crippen MR) is 85.5 cm³/mol. The zero-order valence-corrected chi connectivity index (χ0v) is 14.0. The third-order valence-electron chi connectivity index (χ3n) is 3.60. The Morgan fingerprint density at radius 2 is 1.71 bits per heavy atom. The maximum Gasteiger partial charge on any atom is 0.410 e. The summed E-state index contributed by atoms with van der Waals surface area (Å²) in [6, 6.07) is 4.14. The van der Waals surface area contributed by atoms with Crippen molar-refractivity contribution in [2.75, 3.05) is 26.2 Å². The first kappa shape index (κ1) is 17.9. The normalized spacial score (nSPS) is 15.2. The number of hydrogen-bond donors (Lipinski definition) is 0. The van der Waals surface area contributed by atoms with E-state index in [1.165, 1.54) is 28.0 Å². The van der Waals surface area contributed by atoms with Gasteiger partial charge >= 0.3 is 6.09 Å². The Balaban J connectivity index is 2.01. The Hall–Kier alpha value is -2.44. The van der Waals surface area contributed by atoms with Gasteiger partial charge in [0.1, 0.15) is 11.4 Å². The average Bonchev–Trinajstić information content (AvgIpc) is 2.53. The van der Waals surface area contributed by atoms with Gasteiger partial charge in [0, 0.05) is 26.2 Å². The van der Waals surface area contributed by atoms with E-state index >= 15 is 0 Å². The number of aldehydes is 1. The number of rotatable bonds is 2. The fraction of sp³-hybridized carbons (Fsp3) is 0.471. The van der Waals surface area contributed by atoms with Crippen molar-refractivity contribution in [3.8, 4) is 0 Å². The van der Waals surface area contributed by atoms with Crippen LogP contribution in [0.4, 0.5) is 9.18 Å². The number of hydrogen-bond acceptors (Lipinski definition) is 4. The molecule has 0 radical (unpaired) electrons. The number of amides is 2. The number of halogens is 1. The second-order valence-electron chi connectivity index (χ2n) is 6.59. The number of benzene rings is 1. The molecule has 24 heavy (non-hydrogen) atoms. The Kier molecular flexibility index (Phi) is 5.21. The Morgan fingerprint density at radius 1 is 1.12 bits per heavy atom. The zero-order valence-electron chi connectivity index (χ0n) is 14.0. The summed E-state index contributed by atoms with van der Waals surface area (Å²) in [5.74, 6) is -1.30. The minimum atomic E-state index is -0.813. The fourth-order valence-electron chi connectivity index (χ4n) is 2.39. The molecule has 1 saturated heterocycles. The maximum atomic E-state index is 14.1. The molecule has 1 fully saturated rings. The molecule has 2 amide bonds. The van der Waals surface area contributed by atoms with E-state index in [2.05, 4.69) is 0 Å². The van der Waals surface area contributed by atoms with E-state index in [-0.39, 0.29) is 24.2 Å². The lowest BCUT2D eigenvalue weighted by Gasteiger charge is -2.35. The summed E-state index contributed by atoms with van der Waals surface area (Å²) < 4.78 is 19.4. The van der Waals surface area contributed by atoms with Gasteiger partial charge in [0.05, 0.1) is 11.1 Å². The van der Waals surface area contributed by atoms with E-state index in [1.54, 1.807) is 20.8 Å². The molecule has 1 aliphatic heterocycles. The zero-order chi connectivity index (χ0) is 17.9. The van der Waals surface area contributed by atoms with Gasteiger partial charge < -0.3 is 14.5 Å². The van der Waals surface area contributed by atoms with Gasteiger partial charge in [0.25, 0.3) is 5.91 Å². The molecule has 1 heterocycles. The van der Waals surface area contributed by atoms with Gasteiger partial charge in [-0.05, 0) is 32.9 Å². The first-order chi connectivity index (χ1) is 11.2. The van der Waals surface area contributed by atoms with Crippen LogP contribution in [-0.4, -0.2) is 59.9 Å². The Morgan fingerprint density at radius 3 is 2.25 bits per heavy atom. The van der Waals surface area contributed by atoms with Crippen LogP contribution in [-0.2, 0) is 4.74 Å². The number of ether oxygens (including phenoxy) is 1. The van der Waals surface area contributed by atoms with Gasteiger partial charge in [-0.1, -0.05) is 6.07 Å². The number of nitrogens with zero attached hydrogens (tertiary/aromatic N) is 2. The third-order valence-corrected chi connectivity index (χ3v) is 3.60. The minimum Gasteiger partial charge on any atom is -0.444 e. The highest BCUT2D eigenvalue weighted by Gasteiger charge is 2.29. The molecular weight excluding hydrogens is 315 g/mol. The molecule has 0 bridgehead atoms. The molecule has 6 nitrogen and oxygen atoms in total. The molecule has 2 rings (SSSR count). The summed E-state index contributed by atoms with van der Waals surface area (Å²) in [6.45, 7) is 6.55. The lowest BCUT2D eigenvalue weighted by Crippen LogP contribution is -2.51. The van der Waals surface area contributed by atoms with E-state index in [1.807, 2.05) is 0 Å². The van der Waals surface area contributed by atoms with Gasteiger partial charge in [-0.25, -0.2) is 9.18 Å². The van der Waals surface area contributed by atoms with Crippen molar-refractivity contribution >= 4 is 18.3 Å². The van der Waals surface area contributed by atoms with E-state index in [9.17, 15) is 18.8 Å². The largest absolute Gasteiger partial charge is 0.444 e. The molecule has 0 saturated carbocycles. The van der Waals surface area contributed by atoms with Gasteiger partial charge in [-0.3, -0.25) is 9.59 Å². The second-order valence-corrected chi connectivity index (χ2v) is 6.59. The van der Waals surface area contributed by atoms with Crippen molar-refractivity contribution < 1.29 is 23.5 Å². The second kappa shape index (κ2) is 6.98. The van der Waals surface area contributed by atoms with Crippen molar-refractivity contribution in [2.45, 2.75) is 26.4 Å². The van der Waals surface area contributed by atoms with Crippen LogP contribution in [0, 0.1) is 5.82 Å². The summed E-state index contributed by atoms with van der Waals surface area (Å²) in [4.78, 5) is 38.2. The van der Waals surface area contributed by atoms with Crippen molar-refractivity contribution in [1.29, 1.82) is 0 Å². The van der Waals surface area contributed by atoms with Crippen molar-refractivity contribution in [2.24, 2.45) is 0 Å². The van der Waals surface area contributed by atoms with Crippen molar-refractivity contribution in [3.05, 3.63) is 35.1 Å². The van der Waals surface area contributed by atoms with E-state index in [0.29, 0.717) is 19.4 Å². The third kappa shape index (κ3) is 4.10. The van der Waals surface area contributed by atoms with E-state index < -0.39 is 23.4 Å². The maximum absolute atomic E-state index is 14.1. The van der Waals surface area contributed by atoms with Gasteiger partial charge in [-0.15, -0.1) is 0 Å². The molecule has 1 aromatic carbocycles. The number of carbonyl (C=O) groups is 3. The fourth-order valence-corrected chi connectivity index (χ4v) is 2.39. The first-order valence-corrected chi connectivity index (χ1v) is 7.74. The monoisotopic (exact) mass is 336 g/mol. The van der Waals surface area contributed by atoms with Crippen LogP contribution in [0.25, 0.3) is 0 Å². The van der Waals surface area contributed by atoms with Crippen LogP contribution in [0.15, 0.2) is 18.2 Å². The van der Waals surface area contributed by atoms with Crippen molar-refractivity contribution in [3.63, 3.8) is 0 Å². The molecule has 1 aromatic rings. The molecule has 0 N–H and O–H groups in total. The van der Waals surface area contributed by atoms with Gasteiger partial charge in [-0.2, -0.15) is 0 Å². The lowest BCUT2D eigenvalue weighted by atomic mass is 10.1. The summed E-state index contributed by atoms with van der Waals surface area (Å²) in [5.41, 5.74) is -0.860. The molecule has 0 unspecified atom stereocenters. The molecule has 0 atom stereocenters. The van der Waals surface area contributed by atoms with E-state index in [4.69, 9.17) is 4.74 Å². The van der Waals surface area contributed by atoms with Gasteiger partial charge in [0.15, 0.2) is 6.29 Å². The molecule has 0 spiro atoms. The Labute approximate surface area is 140 Å². The van der Waals surface area contributed by atoms with Crippen LogP contribution >= 0.6 is 0 Å². The minimum absolute atomic E-state index is 0.134. The smallest absolute Gasteiger partial charge is 0.410 e. The average molecular weight is 336 g/mol. The van der Waals surface area contributed by atoms with Crippen LogP contribution in [0.3, 0.4) is 0 Å². The predicted octanol–water partition coefficient (Wildman–Crippen LogP) is 2.33. The SMILES string of the molecule is CC(C)(C)OC(=O)N1CCN(C(=O)c2cccc(C=O)c2F)CC1. The summed E-state index contributed by atoms with van der Waals surface area (Å²) in [5, 5.41) is 0. The number of piperazine rings is 1. The molecule has 130 valence electrons. The van der Waals surface area contributed by atoms with E-state index in [0.717, 1.165) is 0 Å². The molecule has 1 aliphatic rings. The molecular formula is C17H21FN2O4. The Bertz CT molecular complexity index is 646. The summed E-state index contributed by atoms with van der Waals surface area (Å²) in [7, 11) is 0. The van der Waals surface area contributed by atoms with Crippen LogP contribution in [0.2, 0.25) is 0 Å². The topological polar surface area (TPSA) is 66.9 Å². The highest BCUT2D eigenvalue weighted by Crippen LogP contribution is 2.16. The highest BCUT2D eigenvalue weighted by atomic mass is 19.1. The van der Waals surface area contributed by atoms with Crippen LogP contribution in [0.5, 0.6) is 0 Å². The standard InChI is InChI=1S/C17H21FN2O4/c1-17(2,3)24-16(23)20-9-7-19(8-10-20)15(22)13-6-4-5-12(11-21)14(13)18/h4-6,11H,7-10H2,1-3H3. The highest BCUT2D eigenvalue weighted by molar-refractivity contribution is 5.96. The van der Waals surface area contributed by atoms with Gasteiger partial charge in [0.2, 0.25) is 0 Å². The van der Waals surface area contributed by atoms with Crippen LogP contribution in [0.1, 0.15) is 41.5 Å². The lowest BCUT2D eigenvalue weighted by molar-refractivity contribution is 0.0140. The number of carbonyl (C=O) groups excluding carboxylic acids is 3. The molecule has 0 aromatic heterocycles. The van der Waals surface area contributed by atoms with Crippen LogP contribution < -0.4 is 0 Å². The molecule has 7 heteroatoms. The summed E-state index contributed by atoms with van der Waals surface area (Å²) >= 11 is 0. The van der Waals surface area contributed by atoms with Crippen molar-refractivity contribution in [1.82, 2.24) is 9.80 Å².